The molecule has 0 saturated heterocycles. The monoisotopic (exact) mass is 265 g/mol. The molecule has 2 N–H and O–H groups in total. The van der Waals surface area contributed by atoms with Gasteiger partial charge in [-0.3, -0.25) is 5.32 Å². The Kier molecular flexibility index (Phi) is 3.49. The van der Waals surface area contributed by atoms with Crippen LogP contribution in [0.15, 0.2) is 30.3 Å². The molecular weight excluding hydrogens is 258 g/mol. The number of aromatic carboxylic acids is 1. The highest BCUT2D eigenvalue weighted by atomic mass is 32.1. The van der Waals surface area contributed by atoms with E-state index in [4.69, 9.17) is 9.84 Å². The number of aromatic nitrogens is 2. The number of benzene rings is 1. The van der Waals surface area contributed by atoms with Crippen LogP contribution in [0.3, 0.4) is 0 Å². The number of para-hydroxylation sites is 1. The summed E-state index contributed by atoms with van der Waals surface area (Å²) >= 11 is 0.763. The van der Waals surface area contributed by atoms with E-state index in [2.05, 4.69) is 14.7 Å². The Balaban J connectivity index is 1.97. The number of nitrogens with zero attached hydrogens (tertiary/aromatic N) is 2. The van der Waals surface area contributed by atoms with E-state index >= 15 is 0 Å². The number of amides is 1. The van der Waals surface area contributed by atoms with E-state index in [1.165, 1.54) is 0 Å². The van der Waals surface area contributed by atoms with Gasteiger partial charge in [0.05, 0.1) is 0 Å². The minimum atomic E-state index is -1.25. The second-order valence-electron chi connectivity index (χ2n) is 3.06. The number of hydrogen-bond donors (Lipinski definition) is 2. The Bertz CT molecular complexity index is 570. The summed E-state index contributed by atoms with van der Waals surface area (Å²) in [6.45, 7) is 0. The van der Waals surface area contributed by atoms with Crippen molar-refractivity contribution < 1.29 is 19.4 Å². The van der Waals surface area contributed by atoms with E-state index in [-0.39, 0.29) is 11.0 Å². The van der Waals surface area contributed by atoms with E-state index in [0.717, 1.165) is 11.5 Å². The molecule has 0 unspecified atom stereocenters. The molecule has 0 saturated carbocycles. The molecule has 0 aliphatic heterocycles. The topological polar surface area (TPSA) is 101 Å². The van der Waals surface area contributed by atoms with Gasteiger partial charge in [-0.2, -0.15) is 9.36 Å². The molecule has 2 aromatic rings. The van der Waals surface area contributed by atoms with Crippen molar-refractivity contribution in [1.29, 1.82) is 0 Å². The van der Waals surface area contributed by atoms with Crippen LogP contribution in [0.5, 0.6) is 5.75 Å². The molecule has 1 heterocycles. The summed E-state index contributed by atoms with van der Waals surface area (Å²) in [5.41, 5.74) is 0. The normalized spacial score (nSPS) is 9.78. The van der Waals surface area contributed by atoms with Gasteiger partial charge >= 0.3 is 12.1 Å². The Hall–Kier alpha value is -2.48. The molecule has 92 valence electrons. The summed E-state index contributed by atoms with van der Waals surface area (Å²) in [6, 6.07) is 8.45. The fourth-order valence-corrected chi connectivity index (χ4v) is 1.62. The third kappa shape index (κ3) is 3.01. The molecule has 18 heavy (non-hydrogen) atoms. The van der Waals surface area contributed by atoms with Crippen molar-refractivity contribution in [2.24, 2.45) is 0 Å². The van der Waals surface area contributed by atoms with Crippen LogP contribution in [0.4, 0.5) is 9.93 Å². The summed E-state index contributed by atoms with van der Waals surface area (Å²) < 4.78 is 8.47. The van der Waals surface area contributed by atoms with Crippen LogP contribution in [-0.2, 0) is 0 Å². The van der Waals surface area contributed by atoms with Gasteiger partial charge in [0.1, 0.15) is 5.75 Å². The van der Waals surface area contributed by atoms with Crippen molar-refractivity contribution in [3.63, 3.8) is 0 Å². The minimum Gasteiger partial charge on any atom is -0.475 e. The average Bonchev–Trinajstić information content (AvgIpc) is 2.78. The van der Waals surface area contributed by atoms with E-state index in [0.29, 0.717) is 5.75 Å². The highest BCUT2D eigenvalue weighted by Gasteiger charge is 2.13. The molecule has 1 amide bonds. The highest BCUT2D eigenvalue weighted by molar-refractivity contribution is 7.10. The number of carboxylic acid groups (broad SMARTS) is 1. The van der Waals surface area contributed by atoms with Gasteiger partial charge in [0, 0.05) is 11.5 Å². The van der Waals surface area contributed by atoms with Crippen LogP contribution >= 0.6 is 11.5 Å². The molecule has 7 nitrogen and oxygen atoms in total. The fourth-order valence-electron chi connectivity index (χ4n) is 1.07. The summed E-state index contributed by atoms with van der Waals surface area (Å²) in [5, 5.41) is 11.0. The van der Waals surface area contributed by atoms with Crippen molar-refractivity contribution >= 4 is 28.7 Å². The second-order valence-corrected chi connectivity index (χ2v) is 3.81. The Morgan fingerprint density at radius 3 is 2.61 bits per heavy atom. The van der Waals surface area contributed by atoms with Crippen molar-refractivity contribution in [1.82, 2.24) is 9.36 Å². The van der Waals surface area contributed by atoms with Crippen LogP contribution in [0.2, 0.25) is 0 Å². The molecule has 0 fully saturated rings. The molecular formula is C10H7N3O4S. The largest absolute Gasteiger partial charge is 0.475 e. The molecule has 0 bridgehead atoms. The number of anilines is 1. The summed E-state index contributed by atoms with van der Waals surface area (Å²) in [7, 11) is 0. The van der Waals surface area contributed by atoms with Gasteiger partial charge in [-0.25, -0.2) is 9.59 Å². The van der Waals surface area contributed by atoms with Gasteiger partial charge < -0.3 is 9.84 Å². The summed E-state index contributed by atoms with van der Waals surface area (Å²) in [4.78, 5) is 25.5. The number of nitrogens with one attached hydrogen (secondary N) is 1. The summed E-state index contributed by atoms with van der Waals surface area (Å²) in [5.74, 6) is -1.25. The third-order valence-corrected chi connectivity index (χ3v) is 2.41. The van der Waals surface area contributed by atoms with Gasteiger partial charge in [-0.05, 0) is 12.1 Å². The van der Waals surface area contributed by atoms with Crippen molar-refractivity contribution in [3.05, 3.63) is 36.2 Å². The predicted octanol–water partition coefficient (Wildman–Crippen LogP) is 1.85. The molecule has 8 heteroatoms. The number of ether oxygens (including phenoxy) is 1. The molecule has 0 aliphatic rings. The lowest BCUT2D eigenvalue weighted by molar-refractivity contribution is 0.0685. The number of carboxylic acids is 1. The van der Waals surface area contributed by atoms with Gasteiger partial charge in [-0.15, -0.1) is 0 Å². The predicted molar refractivity (Wildman–Crippen MR) is 63.0 cm³/mol. The van der Waals surface area contributed by atoms with Crippen LogP contribution in [-0.4, -0.2) is 26.5 Å². The zero-order chi connectivity index (χ0) is 13.0. The standard InChI is InChI=1S/C10H7N3O4S/c14-8(15)7-11-9(18-13-7)12-10(16)17-6-4-2-1-3-5-6/h1-5H,(H,14,15)(H,11,12,13,16). The lowest BCUT2D eigenvalue weighted by Gasteiger charge is -2.02. The minimum absolute atomic E-state index is 0.0633. The van der Waals surface area contributed by atoms with E-state index in [9.17, 15) is 9.59 Å². The Labute approximate surface area is 105 Å². The zero-order valence-electron chi connectivity index (χ0n) is 8.86. The van der Waals surface area contributed by atoms with Gasteiger partial charge in [0.2, 0.25) is 5.13 Å². The molecule has 0 radical (unpaired) electrons. The van der Waals surface area contributed by atoms with E-state index in [1.54, 1.807) is 30.3 Å². The molecule has 0 atom stereocenters. The maximum atomic E-state index is 11.4. The molecule has 0 spiro atoms. The highest BCUT2D eigenvalue weighted by Crippen LogP contribution is 2.13. The molecule has 2 rings (SSSR count). The molecule has 0 aliphatic carbocycles. The second kappa shape index (κ2) is 5.23. The maximum Gasteiger partial charge on any atom is 0.418 e. The van der Waals surface area contributed by atoms with E-state index < -0.39 is 12.1 Å². The fraction of sp³-hybridized carbons (Fsp3) is 0. The first-order valence-corrected chi connectivity index (χ1v) is 5.53. The maximum absolute atomic E-state index is 11.4. The quantitative estimate of drug-likeness (QED) is 0.878. The SMILES string of the molecule is O=C(Nc1nc(C(=O)O)ns1)Oc1ccccc1. The van der Waals surface area contributed by atoms with E-state index in [1.807, 2.05) is 0 Å². The van der Waals surface area contributed by atoms with Crippen molar-refractivity contribution in [2.75, 3.05) is 5.32 Å². The lowest BCUT2D eigenvalue weighted by atomic mass is 10.3. The number of hydrogen-bond acceptors (Lipinski definition) is 6. The van der Waals surface area contributed by atoms with Gasteiger partial charge in [0.15, 0.2) is 0 Å². The smallest absolute Gasteiger partial charge is 0.418 e. The number of carbonyl (C=O) groups excluding carboxylic acids is 1. The Morgan fingerprint density at radius 2 is 2.00 bits per heavy atom. The zero-order valence-corrected chi connectivity index (χ0v) is 9.68. The Morgan fingerprint density at radius 1 is 1.28 bits per heavy atom. The van der Waals surface area contributed by atoms with Crippen molar-refractivity contribution in [3.8, 4) is 5.75 Å². The summed E-state index contributed by atoms with van der Waals surface area (Å²) in [6.07, 6.45) is -0.755. The lowest BCUT2D eigenvalue weighted by Crippen LogP contribution is -2.16. The van der Waals surface area contributed by atoms with Crippen LogP contribution < -0.4 is 10.1 Å². The van der Waals surface area contributed by atoms with Gasteiger partial charge in [0.25, 0.3) is 5.82 Å². The first-order valence-electron chi connectivity index (χ1n) is 4.76. The van der Waals surface area contributed by atoms with Crippen molar-refractivity contribution in [2.45, 2.75) is 0 Å². The van der Waals surface area contributed by atoms with Crippen LogP contribution in [0, 0.1) is 0 Å². The molecule has 1 aromatic heterocycles. The first-order chi connectivity index (χ1) is 8.65. The molecule has 1 aromatic carbocycles. The average molecular weight is 265 g/mol. The van der Waals surface area contributed by atoms with Crippen LogP contribution in [0.25, 0.3) is 0 Å². The van der Waals surface area contributed by atoms with Gasteiger partial charge in [-0.1, -0.05) is 18.2 Å². The number of rotatable bonds is 3. The third-order valence-electron chi connectivity index (χ3n) is 1.78. The number of carbonyl (C=O) groups is 2. The van der Waals surface area contributed by atoms with Crippen LogP contribution in [0.1, 0.15) is 10.6 Å². The first kappa shape index (κ1) is 12.0.